The monoisotopic (exact) mass is 277 g/mol. The third-order valence-corrected chi connectivity index (χ3v) is 2.42. The fourth-order valence-electron chi connectivity index (χ4n) is 1.59. The maximum atomic E-state index is 13.0. The van der Waals surface area contributed by atoms with Crippen molar-refractivity contribution >= 4 is 17.8 Å². The molecule has 20 heavy (non-hydrogen) atoms. The Kier molecular flexibility index (Phi) is 3.56. The van der Waals surface area contributed by atoms with E-state index >= 15 is 0 Å². The van der Waals surface area contributed by atoms with Crippen LogP contribution in [0.2, 0.25) is 0 Å². The molecule has 0 saturated heterocycles. The molecule has 7 nitrogen and oxygen atoms in total. The Bertz CT molecular complexity index is 807. The van der Waals surface area contributed by atoms with Gasteiger partial charge in [0.05, 0.1) is 4.92 Å². The van der Waals surface area contributed by atoms with Gasteiger partial charge in [-0.3, -0.25) is 19.9 Å². The first kappa shape index (κ1) is 13.4. The fraction of sp³-hybridized carbons (Fsp3) is 0. The van der Waals surface area contributed by atoms with Crippen LogP contribution in [0.25, 0.3) is 12.2 Å². The fourth-order valence-corrected chi connectivity index (χ4v) is 1.59. The van der Waals surface area contributed by atoms with E-state index in [0.717, 1.165) is 0 Å². The van der Waals surface area contributed by atoms with Crippen molar-refractivity contribution in [1.29, 1.82) is 0 Å². The van der Waals surface area contributed by atoms with Gasteiger partial charge in [0.15, 0.2) is 0 Å². The molecule has 102 valence electrons. The summed E-state index contributed by atoms with van der Waals surface area (Å²) in [6, 6.07) is 5.48. The minimum absolute atomic E-state index is 0.256. The van der Waals surface area contributed by atoms with Gasteiger partial charge in [0.2, 0.25) is 0 Å². The quantitative estimate of drug-likeness (QED) is 0.650. The number of nitrogens with zero attached hydrogens (tertiary/aromatic N) is 1. The maximum Gasteiger partial charge on any atom is 0.357 e. The molecule has 0 bridgehead atoms. The summed E-state index contributed by atoms with van der Waals surface area (Å²) in [6.45, 7) is 0. The van der Waals surface area contributed by atoms with Crippen LogP contribution in [-0.2, 0) is 0 Å². The lowest BCUT2D eigenvalue weighted by atomic mass is 10.2. The zero-order valence-electron chi connectivity index (χ0n) is 9.92. The molecule has 0 atom stereocenters. The van der Waals surface area contributed by atoms with Crippen molar-refractivity contribution < 1.29 is 9.31 Å². The van der Waals surface area contributed by atoms with Crippen molar-refractivity contribution in [2.24, 2.45) is 0 Å². The largest absolute Gasteiger partial charge is 0.357 e. The lowest BCUT2D eigenvalue weighted by Gasteiger charge is -1.96. The van der Waals surface area contributed by atoms with Gasteiger partial charge in [-0.2, -0.15) is 0 Å². The summed E-state index contributed by atoms with van der Waals surface area (Å²) in [5, 5.41) is 10.8. The molecule has 0 amide bonds. The topological polar surface area (TPSA) is 109 Å². The van der Waals surface area contributed by atoms with E-state index in [1.165, 1.54) is 30.4 Å². The van der Waals surface area contributed by atoms with E-state index in [1.54, 1.807) is 11.1 Å². The van der Waals surface area contributed by atoms with Crippen LogP contribution >= 0.6 is 0 Å². The molecule has 2 aromatic rings. The minimum Gasteiger partial charge on any atom is -0.301 e. The second kappa shape index (κ2) is 5.31. The summed E-state index contributed by atoms with van der Waals surface area (Å²) in [7, 11) is 0. The number of halogens is 1. The molecule has 2 rings (SSSR count). The van der Waals surface area contributed by atoms with Crippen molar-refractivity contribution in [3.8, 4) is 0 Å². The second-order valence-electron chi connectivity index (χ2n) is 3.82. The first-order valence-electron chi connectivity index (χ1n) is 5.42. The minimum atomic E-state index is -1.10. The van der Waals surface area contributed by atoms with Gasteiger partial charge in [-0.1, -0.05) is 18.2 Å². The third kappa shape index (κ3) is 2.86. The summed E-state index contributed by atoms with van der Waals surface area (Å²) in [5.41, 5.74) is -2.57. The van der Waals surface area contributed by atoms with Crippen molar-refractivity contribution in [3.63, 3.8) is 0 Å². The first-order valence-corrected chi connectivity index (χ1v) is 5.42. The zero-order valence-corrected chi connectivity index (χ0v) is 9.92. The molecule has 1 heterocycles. The Morgan fingerprint density at radius 1 is 1.20 bits per heavy atom. The molecule has 0 aliphatic heterocycles. The average molecular weight is 277 g/mol. The average Bonchev–Trinajstić information content (AvgIpc) is 2.35. The zero-order chi connectivity index (χ0) is 14.7. The van der Waals surface area contributed by atoms with Crippen LogP contribution < -0.4 is 11.2 Å². The Morgan fingerprint density at radius 2 is 1.95 bits per heavy atom. The smallest absolute Gasteiger partial charge is 0.301 e. The van der Waals surface area contributed by atoms with Crippen molar-refractivity contribution in [1.82, 2.24) is 9.97 Å². The van der Waals surface area contributed by atoms with Gasteiger partial charge >= 0.3 is 16.9 Å². The predicted molar refractivity (Wildman–Crippen MR) is 69.7 cm³/mol. The van der Waals surface area contributed by atoms with E-state index in [4.69, 9.17) is 0 Å². The number of hydrogen-bond acceptors (Lipinski definition) is 4. The van der Waals surface area contributed by atoms with Crippen LogP contribution in [0.3, 0.4) is 0 Å². The highest BCUT2D eigenvalue weighted by Gasteiger charge is 2.18. The highest BCUT2D eigenvalue weighted by Crippen LogP contribution is 2.13. The Morgan fingerprint density at radius 3 is 2.60 bits per heavy atom. The number of hydrogen-bond donors (Lipinski definition) is 2. The molecular weight excluding hydrogens is 269 g/mol. The summed E-state index contributed by atoms with van der Waals surface area (Å²) in [6.07, 6.45) is 2.52. The molecular formula is C12H8FN3O4. The van der Waals surface area contributed by atoms with E-state index in [9.17, 15) is 24.1 Å². The summed E-state index contributed by atoms with van der Waals surface area (Å²) < 4.78 is 13.0. The molecule has 2 N–H and O–H groups in total. The van der Waals surface area contributed by atoms with E-state index in [-0.39, 0.29) is 5.69 Å². The molecule has 0 saturated carbocycles. The first-order chi connectivity index (χ1) is 9.47. The van der Waals surface area contributed by atoms with Crippen LogP contribution in [0.5, 0.6) is 0 Å². The van der Waals surface area contributed by atoms with Crippen LogP contribution in [-0.4, -0.2) is 14.9 Å². The molecule has 0 radical (unpaired) electrons. The van der Waals surface area contributed by atoms with Crippen LogP contribution in [0.4, 0.5) is 10.1 Å². The van der Waals surface area contributed by atoms with Crippen LogP contribution in [0, 0.1) is 15.9 Å². The highest BCUT2D eigenvalue weighted by atomic mass is 19.1. The van der Waals surface area contributed by atoms with E-state index < -0.39 is 27.7 Å². The summed E-state index contributed by atoms with van der Waals surface area (Å²) >= 11 is 0. The summed E-state index contributed by atoms with van der Waals surface area (Å²) in [4.78, 5) is 36.3. The van der Waals surface area contributed by atoms with Crippen LogP contribution in [0.15, 0.2) is 33.9 Å². The summed E-state index contributed by atoms with van der Waals surface area (Å²) in [5.74, 6) is -0.471. The van der Waals surface area contributed by atoms with Gasteiger partial charge < -0.3 is 4.98 Å². The Balaban J connectivity index is 2.51. The van der Waals surface area contributed by atoms with Crippen LogP contribution in [0.1, 0.15) is 11.3 Å². The van der Waals surface area contributed by atoms with Crippen molar-refractivity contribution in [3.05, 3.63) is 72.3 Å². The SMILES string of the molecule is O=c1[nH]c(C=Cc2cccc(F)c2)c([N+](=O)[O-])c(=O)[nH]1. The molecule has 0 spiro atoms. The number of nitrogens with one attached hydrogen (secondary N) is 2. The molecule has 0 aliphatic carbocycles. The van der Waals surface area contributed by atoms with E-state index in [0.29, 0.717) is 5.56 Å². The molecule has 1 aromatic heterocycles. The number of aromatic nitrogens is 2. The number of H-pyrrole nitrogens is 2. The highest BCUT2D eigenvalue weighted by molar-refractivity contribution is 5.71. The molecule has 8 heteroatoms. The number of nitro groups is 1. The standard InChI is InChI=1S/C12H8FN3O4/c13-8-3-1-2-7(6-8)4-5-9-10(16(19)20)11(17)15-12(18)14-9/h1-6H,(H2,14,15,17,18). The lowest BCUT2D eigenvalue weighted by molar-refractivity contribution is -0.386. The normalized spacial score (nSPS) is 10.8. The number of aromatic amines is 2. The Labute approximate surface area is 110 Å². The number of benzene rings is 1. The third-order valence-electron chi connectivity index (χ3n) is 2.42. The van der Waals surface area contributed by atoms with E-state index in [1.807, 2.05) is 0 Å². The number of rotatable bonds is 3. The van der Waals surface area contributed by atoms with Gasteiger partial charge in [-0.15, -0.1) is 0 Å². The molecule has 0 aliphatic rings. The van der Waals surface area contributed by atoms with Gasteiger partial charge in [0.1, 0.15) is 11.5 Å². The second-order valence-corrected chi connectivity index (χ2v) is 3.82. The van der Waals surface area contributed by atoms with Crippen molar-refractivity contribution in [2.75, 3.05) is 0 Å². The van der Waals surface area contributed by atoms with Gasteiger partial charge in [-0.25, -0.2) is 9.18 Å². The van der Waals surface area contributed by atoms with Gasteiger partial charge in [0.25, 0.3) is 0 Å². The van der Waals surface area contributed by atoms with Crippen molar-refractivity contribution in [2.45, 2.75) is 0 Å². The predicted octanol–water partition coefficient (Wildman–Crippen LogP) is 1.28. The molecule has 1 aromatic carbocycles. The lowest BCUT2D eigenvalue weighted by Crippen LogP contribution is -2.25. The van der Waals surface area contributed by atoms with E-state index in [2.05, 4.69) is 4.98 Å². The molecule has 0 fully saturated rings. The van der Waals surface area contributed by atoms with Gasteiger partial charge in [-0.05, 0) is 23.8 Å². The maximum absolute atomic E-state index is 13.0. The van der Waals surface area contributed by atoms with Gasteiger partial charge in [0, 0.05) is 0 Å². The molecule has 0 unspecified atom stereocenters. The Hall–Kier alpha value is -3.03.